The molecule has 37 heavy (non-hydrogen) atoms. The van der Waals surface area contributed by atoms with E-state index in [2.05, 4.69) is 27.3 Å². The first-order chi connectivity index (χ1) is 18.0. The van der Waals surface area contributed by atoms with Gasteiger partial charge in [-0.15, -0.1) is 0 Å². The first-order valence-electron chi connectivity index (χ1n) is 12.7. The summed E-state index contributed by atoms with van der Waals surface area (Å²) >= 11 is 0. The highest BCUT2D eigenvalue weighted by atomic mass is 16.5. The molecule has 10 heteroatoms. The number of carbonyl (C=O) groups is 1. The number of nitrogens with zero attached hydrogens (tertiary/aromatic N) is 4. The summed E-state index contributed by atoms with van der Waals surface area (Å²) in [5, 5.41) is 18.5. The van der Waals surface area contributed by atoms with Crippen molar-refractivity contribution in [2.75, 3.05) is 54.6 Å². The number of pyridine rings is 1. The topological polar surface area (TPSA) is 119 Å². The van der Waals surface area contributed by atoms with E-state index in [0.29, 0.717) is 50.0 Å². The van der Waals surface area contributed by atoms with E-state index in [0.717, 1.165) is 42.2 Å². The Morgan fingerprint density at radius 1 is 1.22 bits per heavy atom. The second-order valence-corrected chi connectivity index (χ2v) is 10.2. The molecule has 3 aliphatic rings. The van der Waals surface area contributed by atoms with Crippen LogP contribution in [0.1, 0.15) is 25.3 Å². The fourth-order valence-corrected chi connectivity index (χ4v) is 5.55. The molecule has 3 N–H and O–H groups in total. The smallest absolute Gasteiger partial charge is 0.227 e. The van der Waals surface area contributed by atoms with Gasteiger partial charge in [-0.2, -0.15) is 5.10 Å². The van der Waals surface area contributed by atoms with Crippen molar-refractivity contribution in [3.05, 3.63) is 48.2 Å². The molecule has 3 saturated heterocycles. The molecule has 0 bridgehead atoms. The molecule has 3 fully saturated rings. The van der Waals surface area contributed by atoms with Gasteiger partial charge in [0.05, 0.1) is 32.1 Å². The van der Waals surface area contributed by atoms with Crippen LogP contribution >= 0.6 is 0 Å². The van der Waals surface area contributed by atoms with Gasteiger partial charge in [-0.05, 0) is 42.7 Å². The van der Waals surface area contributed by atoms with Gasteiger partial charge in [0.15, 0.2) is 0 Å². The molecular formula is C27H31N7O3. The molecule has 192 valence electrons. The first-order valence-corrected chi connectivity index (χ1v) is 12.7. The first kappa shape index (κ1) is 23.6. The van der Waals surface area contributed by atoms with Crippen molar-refractivity contribution in [3.63, 3.8) is 0 Å². The zero-order valence-corrected chi connectivity index (χ0v) is 20.9. The summed E-state index contributed by atoms with van der Waals surface area (Å²) in [6.07, 6.45) is 4.47. The summed E-state index contributed by atoms with van der Waals surface area (Å²) in [7, 11) is 0. The number of hydrogen-bond acceptors (Lipinski definition) is 8. The van der Waals surface area contributed by atoms with Crippen molar-refractivity contribution in [2.24, 2.45) is 5.41 Å². The summed E-state index contributed by atoms with van der Waals surface area (Å²) < 4.78 is 11.2. The van der Waals surface area contributed by atoms with Crippen molar-refractivity contribution < 1.29 is 14.3 Å². The minimum absolute atomic E-state index is 0.0504. The maximum Gasteiger partial charge on any atom is 0.227 e. The summed E-state index contributed by atoms with van der Waals surface area (Å²) in [5.74, 6) is 2.24. The molecule has 2 atom stereocenters. The van der Waals surface area contributed by atoms with Gasteiger partial charge in [-0.3, -0.25) is 9.89 Å². The van der Waals surface area contributed by atoms with Crippen LogP contribution in [0, 0.1) is 10.8 Å². The maximum atomic E-state index is 12.8. The molecule has 0 aliphatic carbocycles. The Morgan fingerprint density at radius 3 is 2.78 bits per heavy atom. The average Bonchev–Trinajstić information content (AvgIpc) is 3.66. The van der Waals surface area contributed by atoms with E-state index in [1.54, 1.807) is 6.20 Å². The van der Waals surface area contributed by atoms with Crippen LogP contribution in [0.3, 0.4) is 0 Å². The lowest BCUT2D eigenvalue weighted by Crippen LogP contribution is -2.44. The SMILES string of the molecule is C[C@@H]1COCCN1c1cc(-c2ccc(N3CC4(CCOC4)CC3=O)cc2)c(C=N)c(Nc2ccn[nH]2)n1. The van der Waals surface area contributed by atoms with Crippen molar-refractivity contribution in [1.29, 1.82) is 5.41 Å². The fraction of sp³-hybridized carbons (Fsp3) is 0.407. The predicted octanol–water partition coefficient (Wildman–Crippen LogP) is 3.58. The Labute approximate surface area is 215 Å². The molecule has 1 unspecified atom stereocenters. The van der Waals surface area contributed by atoms with E-state index in [-0.39, 0.29) is 17.4 Å². The number of benzene rings is 1. The Hall–Kier alpha value is -3.76. The Kier molecular flexibility index (Phi) is 6.13. The minimum atomic E-state index is -0.0504. The normalized spacial score (nSPS) is 23.7. The fourth-order valence-electron chi connectivity index (χ4n) is 5.55. The van der Waals surface area contributed by atoms with Gasteiger partial charge in [0, 0.05) is 55.1 Å². The summed E-state index contributed by atoms with van der Waals surface area (Å²) in [6.45, 7) is 6.22. The number of anilines is 4. The van der Waals surface area contributed by atoms with Crippen LogP contribution in [-0.2, 0) is 14.3 Å². The molecule has 3 aliphatic heterocycles. The van der Waals surface area contributed by atoms with Crippen LogP contribution in [0.25, 0.3) is 11.1 Å². The summed E-state index contributed by atoms with van der Waals surface area (Å²) in [5.41, 5.74) is 3.35. The lowest BCUT2D eigenvalue weighted by Gasteiger charge is -2.35. The number of carbonyl (C=O) groups excluding carboxylic acids is 1. The highest BCUT2D eigenvalue weighted by Crippen LogP contribution is 2.41. The Morgan fingerprint density at radius 2 is 2.08 bits per heavy atom. The number of rotatable bonds is 6. The van der Waals surface area contributed by atoms with Crippen molar-refractivity contribution in [1.82, 2.24) is 15.2 Å². The largest absolute Gasteiger partial charge is 0.381 e. The molecule has 0 radical (unpaired) electrons. The van der Waals surface area contributed by atoms with E-state index in [9.17, 15) is 4.79 Å². The zero-order chi connectivity index (χ0) is 25.4. The maximum absolute atomic E-state index is 12.8. The van der Waals surface area contributed by atoms with Gasteiger partial charge in [0.1, 0.15) is 17.5 Å². The third-order valence-electron chi connectivity index (χ3n) is 7.60. The van der Waals surface area contributed by atoms with Gasteiger partial charge in [-0.1, -0.05) is 12.1 Å². The van der Waals surface area contributed by atoms with E-state index in [1.165, 1.54) is 6.21 Å². The number of ether oxygens (including phenoxy) is 2. The quantitative estimate of drug-likeness (QED) is 0.442. The monoisotopic (exact) mass is 501 g/mol. The Balaban J connectivity index is 1.36. The molecule has 1 amide bonds. The summed E-state index contributed by atoms with van der Waals surface area (Å²) in [4.78, 5) is 21.9. The van der Waals surface area contributed by atoms with E-state index < -0.39 is 0 Å². The molecule has 5 heterocycles. The highest BCUT2D eigenvalue weighted by molar-refractivity contribution is 5.98. The van der Waals surface area contributed by atoms with Crippen molar-refractivity contribution in [2.45, 2.75) is 25.8 Å². The van der Waals surface area contributed by atoms with Crippen LogP contribution < -0.4 is 15.1 Å². The summed E-state index contributed by atoms with van der Waals surface area (Å²) in [6, 6.07) is 12.1. The van der Waals surface area contributed by atoms with E-state index in [4.69, 9.17) is 19.9 Å². The number of H-pyrrole nitrogens is 1. The molecule has 6 rings (SSSR count). The average molecular weight is 502 g/mol. The van der Waals surface area contributed by atoms with Gasteiger partial charge in [0.2, 0.25) is 5.91 Å². The second kappa shape index (κ2) is 9.60. The number of aromatic amines is 1. The predicted molar refractivity (Wildman–Crippen MR) is 142 cm³/mol. The number of amides is 1. The Bertz CT molecular complexity index is 1290. The highest BCUT2D eigenvalue weighted by Gasteiger charge is 2.46. The number of morpholine rings is 1. The van der Waals surface area contributed by atoms with Crippen LogP contribution in [0.15, 0.2) is 42.6 Å². The molecule has 0 saturated carbocycles. The van der Waals surface area contributed by atoms with E-state index in [1.807, 2.05) is 41.3 Å². The number of nitrogens with one attached hydrogen (secondary N) is 3. The van der Waals surface area contributed by atoms with Crippen LogP contribution in [-0.4, -0.2) is 72.9 Å². The third-order valence-corrected chi connectivity index (χ3v) is 7.60. The molecule has 1 spiro atoms. The molecule has 10 nitrogen and oxygen atoms in total. The van der Waals surface area contributed by atoms with Crippen LogP contribution in [0.4, 0.5) is 23.1 Å². The van der Waals surface area contributed by atoms with Gasteiger partial charge in [0.25, 0.3) is 0 Å². The zero-order valence-electron chi connectivity index (χ0n) is 20.9. The van der Waals surface area contributed by atoms with Crippen LogP contribution in [0.5, 0.6) is 0 Å². The minimum Gasteiger partial charge on any atom is -0.381 e. The van der Waals surface area contributed by atoms with Crippen LogP contribution in [0.2, 0.25) is 0 Å². The van der Waals surface area contributed by atoms with E-state index >= 15 is 0 Å². The molecular weight excluding hydrogens is 470 g/mol. The molecule has 2 aromatic heterocycles. The molecule has 3 aromatic rings. The van der Waals surface area contributed by atoms with Crippen molar-refractivity contribution in [3.8, 4) is 11.1 Å². The number of aromatic nitrogens is 3. The van der Waals surface area contributed by atoms with Gasteiger partial charge >= 0.3 is 0 Å². The molecule has 1 aromatic carbocycles. The standard InChI is InChI=1S/C27H31N7O3/c1-18-15-36-11-9-33(18)24-12-21(22(14-28)26(31-24)30-23-6-8-29-32-23)19-2-4-20(5-3-19)34-16-27(13-25(34)35)7-10-37-17-27/h2-6,8,12,14,18,28H,7,9-11,13,15-17H2,1H3,(H2,29,30,31,32)/t18-,27?/m1/s1. The lowest BCUT2D eigenvalue weighted by molar-refractivity contribution is -0.117. The van der Waals surface area contributed by atoms with Gasteiger partial charge in [-0.25, -0.2) is 4.98 Å². The lowest BCUT2D eigenvalue weighted by atomic mass is 9.86. The van der Waals surface area contributed by atoms with Gasteiger partial charge < -0.3 is 30.0 Å². The second-order valence-electron chi connectivity index (χ2n) is 10.2. The number of hydrogen-bond donors (Lipinski definition) is 3. The van der Waals surface area contributed by atoms with Crippen molar-refractivity contribution >= 4 is 35.3 Å². The third kappa shape index (κ3) is 4.47.